The van der Waals surface area contributed by atoms with Crippen LogP contribution in [0.25, 0.3) is 0 Å². The zero-order valence-electron chi connectivity index (χ0n) is 9.87. The van der Waals surface area contributed by atoms with Gasteiger partial charge in [-0.1, -0.05) is 17.7 Å². The first-order valence-electron chi connectivity index (χ1n) is 5.42. The minimum atomic E-state index is -0.626. The average molecular weight is 258 g/mol. The lowest BCUT2D eigenvalue weighted by atomic mass is 10.2. The van der Waals surface area contributed by atoms with Gasteiger partial charge in [-0.2, -0.15) is 0 Å². The molecule has 17 heavy (non-hydrogen) atoms. The molecule has 1 amide bonds. The highest BCUT2D eigenvalue weighted by molar-refractivity contribution is 6.31. The van der Waals surface area contributed by atoms with E-state index < -0.39 is 6.10 Å². The van der Waals surface area contributed by atoms with Gasteiger partial charge < -0.3 is 15.2 Å². The Morgan fingerprint density at radius 2 is 2.29 bits per heavy atom. The highest BCUT2D eigenvalue weighted by Crippen LogP contribution is 2.27. The molecule has 1 atom stereocenters. The number of carbonyl (C=O) groups is 1. The molecule has 0 fully saturated rings. The molecule has 1 aromatic carbocycles. The fraction of sp³-hybridized carbons (Fsp3) is 0.417. The van der Waals surface area contributed by atoms with Crippen molar-refractivity contribution in [2.75, 3.05) is 6.54 Å². The number of halogens is 1. The van der Waals surface area contributed by atoms with E-state index in [1.165, 1.54) is 0 Å². The van der Waals surface area contributed by atoms with Crippen molar-refractivity contribution < 1.29 is 14.6 Å². The van der Waals surface area contributed by atoms with Crippen LogP contribution in [0.4, 0.5) is 0 Å². The van der Waals surface area contributed by atoms with Gasteiger partial charge in [0.25, 0.3) is 5.91 Å². The predicted octanol–water partition coefficient (Wildman–Crippen LogP) is 1.74. The second-order valence-electron chi connectivity index (χ2n) is 3.53. The Labute approximate surface area is 106 Å². The molecule has 1 rings (SSSR count). The monoisotopic (exact) mass is 257 g/mol. The molecule has 0 aliphatic carbocycles. The summed E-state index contributed by atoms with van der Waals surface area (Å²) in [6.45, 7) is 3.81. The van der Waals surface area contributed by atoms with Gasteiger partial charge in [0.2, 0.25) is 0 Å². The lowest BCUT2D eigenvalue weighted by molar-refractivity contribution is -0.127. The summed E-state index contributed by atoms with van der Waals surface area (Å²) >= 11 is 5.91. The summed E-state index contributed by atoms with van der Waals surface area (Å²) in [5.41, 5.74) is 0.491. The molecule has 0 heterocycles. The van der Waals surface area contributed by atoms with Crippen LogP contribution >= 0.6 is 11.6 Å². The maximum Gasteiger partial charge on any atom is 0.260 e. The zero-order valence-corrected chi connectivity index (χ0v) is 10.6. The Hall–Kier alpha value is -1.26. The van der Waals surface area contributed by atoms with E-state index in [4.69, 9.17) is 16.3 Å². The number of aliphatic hydroxyl groups is 1. The Morgan fingerprint density at radius 3 is 2.88 bits per heavy atom. The molecule has 0 spiro atoms. The van der Waals surface area contributed by atoms with Gasteiger partial charge >= 0.3 is 0 Å². The van der Waals surface area contributed by atoms with E-state index in [-0.39, 0.29) is 12.5 Å². The highest BCUT2D eigenvalue weighted by Gasteiger charge is 2.16. The number of aliphatic hydroxyl groups excluding tert-OH is 1. The summed E-state index contributed by atoms with van der Waals surface area (Å²) in [4.78, 5) is 11.5. The van der Waals surface area contributed by atoms with Gasteiger partial charge in [-0.05, 0) is 26.0 Å². The van der Waals surface area contributed by atoms with Crippen molar-refractivity contribution in [3.05, 3.63) is 28.8 Å². The van der Waals surface area contributed by atoms with Gasteiger partial charge in [-0.25, -0.2) is 0 Å². The third kappa shape index (κ3) is 3.61. The molecule has 4 nitrogen and oxygen atoms in total. The molecule has 2 N–H and O–H groups in total. The van der Waals surface area contributed by atoms with E-state index in [0.29, 0.717) is 22.9 Å². The number of hydrogen-bond donors (Lipinski definition) is 2. The van der Waals surface area contributed by atoms with Crippen molar-refractivity contribution in [1.29, 1.82) is 0 Å². The van der Waals surface area contributed by atoms with Crippen LogP contribution in [0.3, 0.4) is 0 Å². The van der Waals surface area contributed by atoms with Crippen molar-refractivity contribution in [3.8, 4) is 5.75 Å². The maximum atomic E-state index is 11.5. The molecule has 0 radical (unpaired) electrons. The number of ether oxygens (including phenoxy) is 1. The van der Waals surface area contributed by atoms with Crippen LogP contribution in [0.15, 0.2) is 18.2 Å². The third-order valence-electron chi connectivity index (χ3n) is 2.26. The Balaban J connectivity index is 2.81. The van der Waals surface area contributed by atoms with Crippen molar-refractivity contribution in [1.82, 2.24) is 5.32 Å². The number of likely N-dealkylation sites (N-methyl/N-ethyl adjacent to an activating group) is 1. The molecule has 1 unspecified atom stereocenters. The van der Waals surface area contributed by atoms with Crippen LogP contribution < -0.4 is 10.1 Å². The molecule has 0 saturated heterocycles. The van der Waals surface area contributed by atoms with Crippen LogP contribution in [0.5, 0.6) is 5.75 Å². The van der Waals surface area contributed by atoms with E-state index in [1.54, 1.807) is 25.1 Å². The molecule has 1 aromatic rings. The smallest absolute Gasteiger partial charge is 0.260 e. The average Bonchev–Trinajstić information content (AvgIpc) is 2.29. The largest absolute Gasteiger partial charge is 0.480 e. The van der Waals surface area contributed by atoms with Gasteiger partial charge in [0.15, 0.2) is 6.10 Å². The van der Waals surface area contributed by atoms with E-state index in [1.807, 2.05) is 6.92 Å². The van der Waals surface area contributed by atoms with Crippen LogP contribution in [-0.2, 0) is 11.4 Å². The van der Waals surface area contributed by atoms with Gasteiger partial charge in [0.1, 0.15) is 5.75 Å². The predicted molar refractivity (Wildman–Crippen MR) is 66.1 cm³/mol. The third-order valence-corrected chi connectivity index (χ3v) is 2.61. The summed E-state index contributed by atoms with van der Waals surface area (Å²) in [7, 11) is 0. The Bertz CT molecular complexity index is 395. The van der Waals surface area contributed by atoms with Crippen LogP contribution in [-0.4, -0.2) is 23.7 Å². The molecule has 0 aliphatic heterocycles. The van der Waals surface area contributed by atoms with Crippen molar-refractivity contribution in [2.45, 2.75) is 26.6 Å². The maximum absolute atomic E-state index is 11.5. The molecule has 94 valence electrons. The number of rotatable bonds is 5. The van der Waals surface area contributed by atoms with Crippen LogP contribution in [0.1, 0.15) is 19.4 Å². The number of nitrogens with one attached hydrogen (secondary N) is 1. The van der Waals surface area contributed by atoms with Gasteiger partial charge in [0.05, 0.1) is 6.61 Å². The van der Waals surface area contributed by atoms with Gasteiger partial charge in [-0.15, -0.1) is 0 Å². The van der Waals surface area contributed by atoms with Crippen LogP contribution in [0, 0.1) is 0 Å². The highest BCUT2D eigenvalue weighted by atomic mass is 35.5. The van der Waals surface area contributed by atoms with Gasteiger partial charge in [-0.3, -0.25) is 4.79 Å². The lowest BCUT2D eigenvalue weighted by Crippen LogP contribution is -2.36. The Morgan fingerprint density at radius 1 is 1.59 bits per heavy atom. The first-order chi connectivity index (χ1) is 8.10. The molecule has 0 saturated carbocycles. The zero-order chi connectivity index (χ0) is 12.8. The topological polar surface area (TPSA) is 58.6 Å². The fourth-order valence-electron chi connectivity index (χ4n) is 1.36. The first kappa shape index (κ1) is 13.8. The lowest BCUT2D eigenvalue weighted by Gasteiger charge is -2.16. The number of carbonyl (C=O) groups excluding carboxylic acids is 1. The number of amides is 1. The summed E-state index contributed by atoms with van der Waals surface area (Å²) < 4.78 is 5.48. The normalized spacial score (nSPS) is 12.0. The first-order valence-corrected chi connectivity index (χ1v) is 5.80. The number of hydrogen-bond acceptors (Lipinski definition) is 3. The summed E-state index contributed by atoms with van der Waals surface area (Å²) in [5.74, 6) is 0.232. The van der Waals surface area contributed by atoms with Crippen molar-refractivity contribution >= 4 is 17.5 Å². The van der Waals surface area contributed by atoms with E-state index in [9.17, 15) is 9.90 Å². The molecule has 0 aromatic heterocycles. The summed E-state index contributed by atoms with van der Waals surface area (Å²) in [6, 6.07) is 5.05. The van der Waals surface area contributed by atoms with Crippen molar-refractivity contribution in [2.24, 2.45) is 0 Å². The summed E-state index contributed by atoms with van der Waals surface area (Å²) in [6.07, 6.45) is -0.626. The second-order valence-corrected chi connectivity index (χ2v) is 3.94. The summed E-state index contributed by atoms with van der Waals surface area (Å²) in [5, 5.41) is 12.3. The Kier molecular flexibility index (Phi) is 5.25. The minimum Gasteiger partial charge on any atom is -0.480 e. The number of benzene rings is 1. The molecule has 0 bridgehead atoms. The van der Waals surface area contributed by atoms with Crippen LogP contribution in [0.2, 0.25) is 5.02 Å². The SMILES string of the molecule is CCNC(=O)C(C)Oc1cccc(Cl)c1CO. The molecular weight excluding hydrogens is 242 g/mol. The second kappa shape index (κ2) is 6.47. The van der Waals surface area contributed by atoms with Crippen molar-refractivity contribution in [3.63, 3.8) is 0 Å². The van der Waals surface area contributed by atoms with E-state index in [0.717, 1.165) is 0 Å². The van der Waals surface area contributed by atoms with E-state index in [2.05, 4.69) is 5.32 Å². The fourth-order valence-corrected chi connectivity index (χ4v) is 1.59. The molecular formula is C12H16ClNO3. The van der Waals surface area contributed by atoms with Gasteiger partial charge in [0, 0.05) is 17.1 Å². The quantitative estimate of drug-likeness (QED) is 0.845. The molecule has 0 aliphatic rings. The molecule has 5 heteroatoms. The standard InChI is InChI=1S/C12H16ClNO3/c1-3-14-12(16)8(2)17-11-6-4-5-10(13)9(11)7-15/h4-6,8,15H,3,7H2,1-2H3,(H,14,16). The minimum absolute atomic E-state index is 0.198. The van der Waals surface area contributed by atoms with E-state index >= 15 is 0 Å².